The van der Waals surface area contributed by atoms with Gasteiger partial charge in [-0.1, -0.05) is 37.3 Å². The first-order chi connectivity index (χ1) is 9.73. The summed E-state index contributed by atoms with van der Waals surface area (Å²) >= 11 is 0. The number of rotatable bonds is 7. The number of amides is 1. The molecule has 0 aliphatic rings. The second kappa shape index (κ2) is 7.19. The van der Waals surface area contributed by atoms with Gasteiger partial charge in [-0.3, -0.25) is 9.59 Å². The maximum atomic E-state index is 12.0. The van der Waals surface area contributed by atoms with Gasteiger partial charge in [-0.15, -0.1) is 0 Å². The molecule has 1 amide bonds. The molecule has 3 atom stereocenters. The number of nitrogens with one attached hydrogen (secondary N) is 1. The lowest BCUT2D eigenvalue weighted by Gasteiger charge is -2.24. The van der Waals surface area contributed by atoms with Crippen molar-refractivity contribution in [3.63, 3.8) is 0 Å². The van der Waals surface area contributed by atoms with Crippen LogP contribution in [0.2, 0.25) is 0 Å². The molecule has 21 heavy (non-hydrogen) atoms. The second-order valence-electron chi connectivity index (χ2n) is 5.51. The molecular weight excluding hydrogens is 272 g/mol. The Bertz CT molecular complexity index is 488. The highest BCUT2D eigenvalue weighted by Crippen LogP contribution is 2.19. The van der Waals surface area contributed by atoms with Gasteiger partial charge in [0.15, 0.2) is 0 Å². The quantitative estimate of drug-likeness (QED) is 0.590. The van der Waals surface area contributed by atoms with Crippen molar-refractivity contribution in [2.24, 2.45) is 11.7 Å². The highest BCUT2D eigenvalue weighted by atomic mass is 16.4. The number of carbonyl (C=O) groups excluding carboxylic acids is 1. The zero-order valence-electron chi connectivity index (χ0n) is 12.2. The molecule has 116 valence electrons. The van der Waals surface area contributed by atoms with Crippen LogP contribution in [0.25, 0.3) is 0 Å². The largest absolute Gasteiger partial charge is 0.481 e. The van der Waals surface area contributed by atoms with Crippen molar-refractivity contribution in [1.82, 2.24) is 5.32 Å². The number of carboxylic acid groups (broad SMARTS) is 1. The molecule has 0 bridgehead atoms. The summed E-state index contributed by atoms with van der Waals surface area (Å²) in [7, 11) is 0. The van der Waals surface area contributed by atoms with Gasteiger partial charge in [-0.05, 0) is 12.5 Å². The first-order valence-electron chi connectivity index (χ1n) is 6.75. The molecule has 5 N–H and O–H groups in total. The number of carbonyl (C=O) groups is 2. The molecule has 6 nitrogen and oxygen atoms in total. The van der Waals surface area contributed by atoms with E-state index in [-0.39, 0.29) is 12.5 Å². The Hall–Kier alpha value is -1.92. The van der Waals surface area contributed by atoms with Crippen LogP contribution in [0.4, 0.5) is 0 Å². The van der Waals surface area contributed by atoms with Gasteiger partial charge < -0.3 is 21.3 Å². The minimum atomic E-state index is -1.49. The Morgan fingerprint density at radius 1 is 1.33 bits per heavy atom. The van der Waals surface area contributed by atoms with E-state index < -0.39 is 30.0 Å². The predicted molar refractivity (Wildman–Crippen MR) is 78.4 cm³/mol. The van der Waals surface area contributed by atoms with Gasteiger partial charge in [0.05, 0.1) is 17.9 Å². The van der Waals surface area contributed by atoms with Crippen LogP contribution in [-0.2, 0) is 9.59 Å². The number of benzene rings is 1. The molecule has 0 fully saturated rings. The third-order valence-corrected chi connectivity index (χ3v) is 3.31. The Morgan fingerprint density at radius 2 is 1.90 bits per heavy atom. The van der Waals surface area contributed by atoms with Crippen LogP contribution in [0.5, 0.6) is 0 Å². The van der Waals surface area contributed by atoms with E-state index in [1.54, 1.807) is 6.92 Å². The summed E-state index contributed by atoms with van der Waals surface area (Å²) in [5.74, 6) is -1.94. The zero-order chi connectivity index (χ0) is 16.0. The molecule has 3 unspecified atom stereocenters. The minimum Gasteiger partial charge on any atom is -0.481 e. The van der Waals surface area contributed by atoms with E-state index in [0.29, 0.717) is 0 Å². The number of nitrogens with two attached hydrogens (primary N) is 1. The van der Waals surface area contributed by atoms with Gasteiger partial charge in [0.1, 0.15) is 0 Å². The van der Waals surface area contributed by atoms with Crippen molar-refractivity contribution in [2.75, 3.05) is 6.54 Å². The summed E-state index contributed by atoms with van der Waals surface area (Å²) in [4.78, 5) is 22.6. The average Bonchev–Trinajstić information content (AvgIpc) is 2.43. The normalized spacial score (nSPS) is 16.6. The van der Waals surface area contributed by atoms with Crippen LogP contribution in [0.1, 0.15) is 31.9 Å². The van der Waals surface area contributed by atoms with Gasteiger partial charge >= 0.3 is 5.97 Å². The van der Waals surface area contributed by atoms with Crippen LogP contribution < -0.4 is 11.1 Å². The molecule has 0 aromatic heterocycles. The lowest BCUT2D eigenvalue weighted by Crippen LogP contribution is -2.45. The number of hydrogen-bond donors (Lipinski definition) is 4. The van der Waals surface area contributed by atoms with Crippen LogP contribution in [0.15, 0.2) is 30.3 Å². The molecule has 0 heterocycles. The van der Waals surface area contributed by atoms with Crippen molar-refractivity contribution in [1.29, 1.82) is 0 Å². The summed E-state index contributed by atoms with van der Waals surface area (Å²) in [6.07, 6.45) is -0.438. The highest BCUT2D eigenvalue weighted by molar-refractivity contribution is 5.79. The lowest BCUT2D eigenvalue weighted by atomic mass is 9.94. The summed E-state index contributed by atoms with van der Waals surface area (Å²) in [5, 5.41) is 21.1. The van der Waals surface area contributed by atoms with Crippen LogP contribution >= 0.6 is 0 Å². The van der Waals surface area contributed by atoms with E-state index in [1.807, 2.05) is 30.3 Å². The Balaban J connectivity index is 2.57. The lowest BCUT2D eigenvalue weighted by molar-refractivity contribution is -0.142. The summed E-state index contributed by atoms with van der Waals surface area (Å²) in [6.45, 7) is 2.92. The average molecular weight is 294 g/mol. The molecule has 0 aliphatic heterocycles. The standard InChI is InChI=1S/C15H22N2O4/c1-10(13(16)11-6-4-3-5-7-11)14(20)17-9-15(2,21)8-12(18)19/h3-7,10,13,21H,8-9,16H2,1-2H3,(H,17,20)(H,18,19). The molecule has 0 radical (unpaired) electrons. The zero-order valence-corrected chi connectivity index (χ0v) is 12.2. The Labute approximate surface area is 124 Å². The summed E-state index contributed by atoms with van der Waals surface area (Å²) < 4.78 is 0. The minimum absolute atomic E-state index is 0.135. The van der Waals surface area contributed by atoms with Gasteiger partial charge in [0, 0.05) is 12.6 Å². The van der Waals surface area contributed by atoms with Crippen molar-refractivity contribution in [3.05, 3.63) is 35.9 Å². The van der Waals surface area contributed by atoms with Crippen LogP contribution in [0.3, 0.4) is 0 Å². The topological polar surface area (TPSA) is 113 Å². The molecule has 0 aliphatic carbocycles. The summed E-state index contributed by atoms with van der Waals surface area (Å²) in [6, 6.07) is 8.78. The van der Waals surface area contributed by atoms with Crippen LogP contribution in [0, 0.1) is 5.92 Å². The third kappa shape index (κ3) is 5.53. The monoisotopic (exact) mass is 294 g/mol. The number of hydrogen-bond acceptors (Lipinski definition) is 4. The molecule has 1 aromatic carbocycles. The molecule has 1 aromatic rings. The van der Waals surface area contributed by atoms with Gasteiger partial charge in [-0.25, -0.2) is 0 Å². The molecule has 0 saturated carbocycles. The van der Waals surface area contributed by atoms with E-state index in [4.69, 9.17) is 10.8 Å². The number of aliphatic carboxylic acids is 1. The second-order valence-corrected chi connectivity index (χ2v) is 5.51. The number of carboxylic acids is 1. The van der Waals surface area contributed by atoms with Crippen LogP contribution in [-0.4, -0.2) is 34.2 Å². The first kappa shape index (κ1) is 17.1. The van der Waals surface area contributed by atoms with Gasteiger partial charge in [0.25, 0.3) is 0 Å². The third-order valence-electron chi connectivity index (χ3n) is 3.31. The molecule has 6 heteroatoms. The van der Waals surface area contributed by atoms with E-state index in [0.717, 1.165) is 5.56 Å². The van der Waals surface area contributed by atoms with Crippen molar-refractivity contribution < 1.29 is 19.8 Å². The fraction of sp³-hybridized carbons (Fsp3) is 0.467. The molecule has 1 rings (SSSR count). The van der Waals surface area contributed by atoms with Gasteiger partial charge in [0.2, 0.25) is 5.91 Å². The maximum Gasteiger partial charge on any atom is 0.306 e. The SMILES string of the molecule is CC(C(=O)NCC(C)(O)CC(=O)O)C(N)c1ccccc1. The Kier molecular flexibility index (Phi) is 5.87. The van der Waals surface area contributed by atoms with E-state index in [2.05, 4.69) is 5.32 Å². The first-order valence-corrected chi connectivity index (χ1v) is 6.75. The fourth-order valence-corrected chi connectivity index (χ4v) is 1.95. The van der Waals surface area contributed by atoms with Crippen molar-refractivity contribution in [2.45, 2.75) is 31.9 Å². The fourth-order valence-electron chi connectivity index (χ4n) is 1.95. The van der Waals surface area contributed by atoms with Gasteiger partial charge in [-0.2, -0.15) is 0 Å². The van der Waals surface area contributed by atoms with E-state index in [9.17, 15) is 14.7 Å². The molecular formula is C15H22N2O4. The van der Waals surface area contributed by atoms with Crippen molar-refractivity contribution in [3.8, 4) is 0 Å². The van der Waals surface area contributed by atoms with E-state index in [1.165, 1.54) is 6.92 Å². The predicted octanol–water partition coefficient (Wildman–Crippen LogP) is 0.664. The van der Waals surface area contributed by atoms with Crippen molar-refractivity contribution >= 4 is 11.9 Å². The smallest absolute Gasteiger partial charge is 0.306 e. The molecule has 0 spiro atoms. The number of aliphatic hydroxyl groups is 1. The van der Waals surface area contributed by atoms with E-state index >= 15 is 0 Å². The summed E-state index contributed by atoms with van der Waals surface area (Å²) in [5.41, 5.74) is 5.40. The highest BCUT2D eigenvalue weighted by Gasteiger charge is 2.27. The Morgan fingerprint density at radius 3 is 2.43 bits per heavy atom. The molecule has 0 saturated heterocycles. The maximum absolute atomic E-state index is 12.0.